The zero-order valence-electron chi connectivity index (χ0n) is 20.3. The van der Waals surface area contributed by atoms with Gasteiger partial charge in [-0.05, 0) is 55.9 Å². The van der Waals surface area contributed by atoms with Gasteiger partial charge in [-0.3, -0.25) is 4.79 Å². The molecule has 0 bridgehead atoms. The summed E-state index contributed by atoms with van der Waals surface area (Å²) in [6.07, 6.45) is 4.77. The lowest BCUT2D eigenvalue weighted by Gasteiger charge is -2.16. The second kappa shape index (κ2) is 12.0. The predicted octanol–water partition coefficient (Wildman–Crippen LogP) is 4.30. The van der Waals surface area contributed by atoms with E-state index in [4.69, 9.17) is 9.47 Å². The fraction of sp³-hybridized carbons (Fsp3) is 0.357. The molecule has 1 aromatic heterocycles. The van der Waals surface area contributed by atoms with Crippen LogP contribution in [0.15, 0.2) is 54.6 Å². The van der Waals surface area contributed by atoms with Gasteiger partial charge in [-0.1, -0.05) is 42.5 Å². The third-order valence-corrected chi connectivity index (χ3v) is 7.53. The Morgan fingerprint density at radius 2 is 1.80 bits per heavy atom. The molecular formula is C28H33N2O4S+. The molecule has 4 rings (SSSR count). The summed E-state index contributed by atoms with van der Waals surface area (Å²) in [5, 5.41) is 5.78. The largest absolute Gasteiger partial charge is 0.497 e. The van der Waals surface area contributed by atoms with Crippen LogP contribution in [0.4, 0.5) is 5.00 Å². The number of carbonyl (C=O) groups excluding carboxylic acids is 2. The number of methoxy groups -OCH3 is 1. The lowest BCUT2D eigenvalue weighted by molar-refractivity contribution is -0.682. The van der Waals surface area contributed by atoms with E-state index in [2.05, 4.69) is 10.6 Å². The second-order valence-electron chi connectivity index (χ2n) is 8.64. The van der Waals surface area contributed by atoms with E-state index in [1.165, 1.54) is 21.8 Å². The Labute approximate surface area is 210 Å². The fourth-order valence-electron chi connectivity index (χ4n) is 4.53. The molecule has 0 spiro atoms. The van der Waals surface area contributed by atoms with Gasteiger partial charge in [-0.15, -0.1) is 11.3 Å². The average Bonchev–Trinajstić information content (AvgIpc) is 3.25. The molecule has 7 heteroatoms. The number of carbonyl (C=O) groups is 2. The Morgan fingerprint density at radius 3 is 2.51 bits per heavy atom. The molecule has 2 aromatic carbocycles. The van der Waals surface area contributed by atoms with E-state index >= 15 is 0 Å². The molecule has 0 unspecified atom stereocenters. The Kier molecular flexibility index (Phi) is 8.55. The topological polar surface area (TPSA) is 81.2 Å². The highest BCUT2D eigenvalue weighted by Gasteiger charge is 2.30. The summed E-state index contributed by atoms with van der Waals surface area (Å²) in [6, 6.07) is 17.4. The maximum Gasteiger partial charge on any atom is 0.341 e. The molecule has 1 aliphatic carbocycles. The van der Waals surface area contributed by atoms with Crippen LogP contribution in [0.1, 0.15) is 57.7 Å². The van der Waals surface area contributed by atoms with Crippen LogP contribution in [0.2, 0.25) is 0 Å². The summed E-state index contributed by atoms with van der Waals surface area (Å²) in [6.45, 7) is 2.85. The van der Waals surface area contributed by atoms with Gasteiger partial charge >= 0.3 is 5.97 Å². The van der Waals surface area contributed by atoms with Crippen molar-refractivity contribution in [2.24, 2.45) is 0 Å². The van der Waals surface area contributed by atoms with Gasteiger partial charge in [0, 0.05) is 16.9 Å². The molecule has 1 heterocycles. The monoisotopic (exact) mass is 493 g/mol. The number of thiophene rings is 1. The fourth-order valence-corrected chi connectivity index (χ4v) is 5.81. The van der Waals surface area contributed by atoms with Crippen LogP contribution in [-0.2, 0) is 28.8 Å². The first-order chi connectivity index (χ1) is 17.1. The molecule has 0 aliphatic heterocycles. The molecule has 0 saturated heterocycles. The van der Waals surface area contributed by atoms with E-state index in [-0.39, 0.29) is 11.9 Å². The SMILES string of the molecule is CCOC(=O)c1c(NC(=O)[C@@H]([NH2+]CCc2ccc(OC)cc2)c2ccccc2)sc2c1CCCC2. The summed E-state index contributed by atoms with van der Waals surface area (Å²) in [5.74, 6) is 0.354. The Balaban J connectivity index is 1.52. The van der Waals surface area contributed by atoms with E-state index in [0.29, 0.717) is 17.2 Å². The number of benzene rings is 2. The number of nitrogens with one attached hydrogen (secondary N) is 1. The Bertz CT molecular complexity index is 1140. The third-order valence-electron chi connectivity index (χ3n) is 6.32. The molecule has 6 nitrogen and oxygen atoms in total. The molecule has 1 amide bonds. The highest BCUT2D eigenvalue weighted by molar-refractivity contribution is 7.17. The number of fused-ring (bicyclic) bond motifs is 1. The highest BCUT2D eigenvalue weighted by Crippen LogP contribution is 2.39. The molecule has 0 fully saturated rings. The third kappa shape index (κ3) is 6.10. The van der Waals surface area contributed by atoms with Crippen LogP contribution in [0, 0.1) is 0 Å². The molecule has 0 saturated carbocycles. The van der Waals surface area contributed by atoms with Crippen molar-refractivity contribution in [3.63, 3.8) is 0 Å². The van der Waals surface area contributed by atoms with Crippen LogP contribution in [-0.4, -0.2) is 32.1 Å². The first-order valence-electron chi connectivity index (χ1n) is 12.2. The molecule has 35 heavy (non-hydrogen) atoms. The van der Waals surface area contributed by atoms with E-state index in [0.717, 1.165) is 55.5 Å². The first-order valence-corrected chi connectivity index (χ1v) is 13.1. The van der Waals surface area contributed by atoms with Gasteiger partial charge in [0.25, 0.3) is 5.91 Å². The van der Waals surface area contributed by atoms with Crippen molar-refractivity contribution in [2.45, 2.75) is 45.1 Å². The number of nitrogens with two attached hydrogens (primary N) is 1. The number of quaternary nitrogens is 1. The lowest BCUT2D eigenvalue weighted by atomic mass is 9.95. The summed E-state index contributed by atoms with van der Waals surface area (Å²) in [4.78, 5) is 27.6. The van der Waals surface area contributed by atoms with Crippen molar-refractivity contribution in [3.8, 4) is 5.75 Å². The average molecular weight is 494 g/mol. The summed E-state index contributed by atoms with van der Waals surface area (Å²) in [7, 11) is 1.66. The van der Waals surface area contributed by atoms with Gasteiger partial charge < -0.3 is 20.1 Å². The maximum atomic E-state index is 13.6. The quantitative estimate of drug-likeness (QED) is 0.413. The van der Waals surface area contributed by atoms with E-state index in [1.807, 2.05) is 54.6 Å². The van der Waals surface area contributed by atoms with Gasteiger partial charge in [-0.2, -0.15) is 0 Å². The van der Waals surface area contributed by atoms with Gasteiger partial charge in [0.2, 0.25) is 0 Å². The van der Waals surface area contributed by atoms with Gasteiger partial charge in [0.15, 0.2) is 6.04 Å². The summed E-state index contributed by atoms with van der Waals surface area (Å²) in [5.41, 5.74) is 3.71. The zero-order valence-corrected chi connectivity index (χ0v) is 21.2. The van der Waals surface area contributed by atoms with Gasteiger partial charge in [0.1, 0.15) is 10.8 Å². The normalized spacial score (nSPS) is 13.5. The molecule has 1 aliphatic rings. The van der Waals surface area contributed by atoms with Crippen LogP contribution < -0.4 is 15.4 Å². The molecular weight excluding hydrogens is 460 g/mol. The van der Waals surface area contributed by atoms with Crippen LogP contribution in [0.25, 0.3) is 0 Å². The van der Waals surface area contributed by atoms with Crippen LogP contribution in [0.5, 0.6) is 5.75 Å². The number of anilines is 1. The zero-order chi connectivity index (χ0) is 24.6. The van der Waals surface area contributed by atoms with Crippen molar-refractivity contribution in [2.75, 3.05) is 25.6 Å². The number of ether oxygens (including phenoxy) is 2. The number of rotatable bonds is 10. The Hall–Kier alpha value is -3.16. The molecule has 3 aromatic rings. The molecule has 184 valence electrons. The molecule has 3 N–H and O–H groups in total. The number of aryl methyl sites for hydroxylation is 1. The number of hydrogen-bond donors (Lipinski definition) is 2. The van der Waals surface area contributed by atoms with E-state index < -0.39 is 6.04 Å². The van der Waals surface area contributed by atoms with Gasteiger partial charge in [-0.25, -0.2) is 4.79 Å². The molecule has 0 radical (unpaired) electrons. The van der Waals surface area contributed by atoms with Crippen molar-refractivity contribution in [1.82, 2.24) is 0 Å². The summed E-state index contributed by atoms with van der Waals surface area (Å²) >= 11 is 1.52. The van der Waals surface area contributed by atoms with Crippen molar-refractivity contribution in [1.29, 1.82) is 0 Å². The van der Waals surface area contributed by atoms with Crippen molar-refractivity contribution < 1.29 is 24.4 Å². The van der Waals surface area contributed by atoms with Crippen molar-refractivity contribution >= 4 is 28.2 Å². The summed E-state index contributed by atoms with van der Waals surface area (Å²) < 4.78 is 10.6. The number of amides is 1. The minimum atomic E-state index is -0.427. The maximum absolute atomic E-state index is 13.6. The smallest absolute Gasteiger partial charge is 0.341 e. The first kappa shape index (κ1) is 24.9. The van der Waals surface area contributed by atoms with Crippen LogP contribution >= 0.6 is 11.3 Å². The number of hydrogen-bond acceptors (Lipinski definition) is 5. The minimum Gasteiger partial charge on any atom is -0.497 e. The minimum absolute atomic E-state index is 0.130. The van der Waals surface area contributed by atoms with Crippen molar-refractivity contribution in [3.05, 3.63) is 81.7 Å². The number of esters is 1. The van der Waals surface area contributed by atoms with Gasteiger partial charge in [0.05, 0.1) is 25.8 Å². The highest BCUT2D eigenvalue weighted by atomic mass is 32.1. The second-order valence-corrected chi connectivity index (χ2v) is 9.74. The lowest BCUT2D eigenvalue weighted by Crippen LogP contribution is -2.87. The Morgan fingerprint density at radius 1 is 1.06 bits per heavy atom. The predicted molar refractivity (Wildman–Crippen MR) is 138 cm³/mol. The molecule has 1 atom stereocenters. The van der Waals surface area contributed by atoms with E-state index in [1.54, 1.807) is 14.0 Å². The van der Waals surface area contributed by atoms with Crippen LogP contribution in [0.3, 0.4) is 0 Å². The van der Waals surface area contributed by atoms with E-state index in [9.17, 15) is 9.59 Å². The standard InChI is InChI=1S/C28H32N2O4S/c1-3-34-28(32)24-22-11-7-8-12-23(22)35-27(24)30-26(31)25(20-9-5-4-6-10-20)29-18-17-19-13-15-21(33-2)16-14-19/h4-6,9-10,13-16,25,29H,3,7-8,11-12,17-18H2,1-2H3,(H,30,31)/p+1/t25-/m0/s1.